The predicted molar refractivity (Wildman–Crippen MR) is 87.3 cm³/mol. The molecule has 0 aliphatic rings. The van der Waals surface area contributed by atoms with Gasteiger partial charge in [0.2, 0.25) is 0 Å². The van der Waals surface area contributed by atoms with E-state index in [1.807, 2.05) is 37.3 Å². The van der Waals surface area contributed by atoms with Gasteiger partial charge < -0.3 is 10.4 Å². The first-order chi connectivity index (χ1) is 9.45. The smallest absolute Gasteiger partial charge is 0.335 e. The molecule has 0 aromatic heterocycles. The minimum absolute atomic E-state index is 0.0726. The number of carboxylic acid groups (broad SMARTS) is 1. The number of carbonyl (C=O) groups is 1. The Balaban J connectivity index is 2.23. The fraction of sp³-hybridized carbons (Fsp3) is 0.133. The van der Waals surface area contributed by atoms with Gasteiger partial charge >= 0.3 is 5.97 Å². The van der Waals surface area contributed by atoms with Gasteiger partial charge in [0.05, 0.1) is 5.56 Å². The normalized spacial score (nSPS) is 11.9. The summed E-state index contributed by atoms with van der Waals surface area (Å²) in [4.78, 5) is 11.1. The molecule has 0 amide bonds. The highest BCUT2D eigenvalue weighted by Crippen LogP contribution is 2.25. The van der Waals surface area contributed by atoms with Crippen molar-refractivity contribution in [2.45, 2.75) is 13.0 Å². The zero-order valence-corrected chi connectivity index (χ0v) is 13.9. The molecule has 2 aromatic rings. The van der Waals surface area contributed by atoms with Crippen molar-refractivity contribution in [1.29, 1.82) is 0 Å². The van der Waals surface area contributed by atoms with E-state index in [1.165, 1.54) is 0 Å². The Bertz CT molecular complexity index is 644. The number of nitrogens with one attached hydrogen (secondary N) is 1. The Morgan fingerprint density at radius 1 is 1.15 bits per heavy atom. The second kappa shape index (κ2) is 6.41. The highest BCUT2D eigenvalue weighted by molar-refractivity contribution is 9.10. The molecule has 0 heterocycles. The third-order valence-corrected chi connectivity index (χ3v) is 3.83. The van der Waals surface area contributed by atoms with Crippen molar-refractivity contribution in [2.75, 3.05) is 5.32 Å². The minimum Gasteiger partial charge on any atom is -0.478 e. The summed E-state index contributed by atoms with van der Waals surface area (Å²) in [5.74, 6) is -0.940. The number of carboxylic acids is 1. The summed E-state index contributed by atoms with van der Waals surface area (Å²) in [6.07, 6.45) is 0. The van der Waals surface area contributed by atoms with Gasteiger partial charge in [0.1, 0.15) is 0 Å². The van der Waals surface area contributed by atoms with Crippen LogP contribution in [0.25, 0.3) is 0 Å². The summed E-state index contributed by atoms with van der Waals surface area (Å²) in [6.45, 7) is 2.03. The van der Waals surface area contributed by atoms with E-state index in [9.17, 15) is 4.79 Å². The van der Waals surface area contributed by atoms with Crippen LogP contribution in [0.5, 0.6) is 0 Å². The zero-order valence-electron chi connectivity index (χ0n) is 10.7. The molecule has 1 unspecified atom stereocenters. The monoisotopic (exact) mass is 397 g/mol. The minimum atomic E-state index is -0.940. The molecule has 104 valence electrons. The second-order valence-electron chi connectivity index (χ2n) is 4.45. The van der Waals surface area contributed by atoms with Crippen LogP contribution in [0.15, 0.2) is 51.4 Å². The van der Waals surface area contributed by atoms with Crippen molar-refractivity contribution in [3.8, 4) is 0 Å². The maximum absolute atomic E-state index is 11.1. The fourth-order valence-electron chi connectivity index (χ4n) is 1.91. The van der Waals surface area contributed by atoms with E-state index in [0.717, 1.165) is 20.2 Å². The number of hydrogen-bond donors (Lipinski definition) is 2. The molecule has 2 N–H and O–H groups in total. The highest BCUT2D eigenvalue weighted by Gasteiger charge is 2.09. The molecule has 20 heavy (non-hydrogen) atoms. The van der Waals surface area contributed by atoms with E-state index in [2.05, 4.69) is 37.2 Å². The number of anilines is 1. The van der Waals surface area contributed by atoms with E-state index in [0.29, 0.717) is 0 Å². The van der Waals surface area contributed by atoms with Gasteiger partial charge in [-0.05, 0) is 42.8 Å². The molecular formula is C15H13Br2NO2. The molecular weight excluding hydrogens is 386 g/mol. The molecule has 0 fully saturated rings. The standard InChI is InChI=1S/C15H13Br2NO2/c1-9(10-3-2-4-12(16)5-10)18-14-7-11(15(19)20)6-13(17)8-14/h2-9,18H,1H3,(H,19,20). The van der Waals surface area contributed by atoms with Gasteiger partial charge in [-0.3, -0.25) is 0 Å². The van der Waals surface area contributed by atoms with Crippen molar-refractivity contribution in [2.24, 2.45) is 0 Å². The first-order valence-electron chi connectivity index (χ1n) is 6.01. The molecule has 0 saturated heterocycles. The van der Waals surface area contributed by atoms with Gasteiger partial charge in [0, 0.05) is 20.7 Å². The molecule has 2 rings (SSSR count). The molecule has 2 aromatic carbocycles. The number of benzene rings is 2. The van der Waals surface area contributed by atoms with Gasteiger partial charge in [0.25, 0.3) is 0 Å². The Hall–Kier alpha value is -1.33. The molecule has 0 bridgehead atoms. The molecule has 5 heteroatoms. The van der Waals surface area contributed by atoms with E-state index in [1.54, 1.807) is 12.1 Å². The molecule has 0 spiro atoms. The van der Waals surface area contributed by atoms with Crippen LogP contribution in [0.1, 0.15) is 28.9 Å². The summed E-state index contributed by atoms with van der Waals surface area (Å²) in [7, 11) is 0. The SMILES string of the molecule is CC(Nc1cc(Br)cc(C(=O)O)c1)c1cccc(Br)c1. The number of halogens is 2. The summed E-state index contributed by atoms with van der Waals surface area (Å²) in [6, 6.07) is 13.1. The summed E-state index contributed by atoms with van der Waals surface area (Å²) in [5, 5.41) is 12.4. The maximum Gasteiger partial charge on any atom is 0.335 e. The number of rotatable bonds is 4. The van der Waals surface area contributed by atoms with Crippen LogP contribution in [0.4, 0.5) is 5.69 Å². The van der Waals surface area contributed by atoms with E-state index < -0.39 is 5.97 Å². The van der Waals surface area contributed by atoms with Crippen molar-refractivity contribution >= 4 is 43.5 Å². The van der Waals surface area contributed by atoms with E-state index in [-0.39, 0.29) is 11.6 Å². The maximum atomic E-state index is 11.1. The van der Waals surface area contributed by atoms with Crippen molar-refractivity contribution < 1.29 is 9.90 Å². The average Bonchev–Trinajstić information content (AvgIpc) is 2.37. The Morgan fingerprint density at radius 3 is 2.55 bits per heavy atom. The molecule has 0 saturated carbocycles. The van der Waals surface area contributed by atoms with Gasteiger partial charge in [-0.25, -0.2) is 4.79 Å². The highest BCUT2D eigenvalue weighted by atomic mass is 79.9. The lowest BCUT2D eigenvalue weighted by atomic mass is 10.1. The number of aromatic carboxylic acids is 1. The van der Waals surface area contributed by atoms with Crippen LogP contribution < -0.4 is 5.32 Å². The summed E-state index contributed by atoms with van der Waals surface area (Å²) < 4.78 is 1.76. The van der Waals surface area contributed by atoms with Gasteiger partial charge in [0.15, 0.2) is 0 Å². The van der Waals surface area contributed by atoms with Crippen LogP contribution in [0, 0.1) is 0 Å². The van der Waals surface area contributed by atoms with Gasteiger partial charge in [-0.15, -0.1) is 0 Å². The summed E-state index contributed by atoms with van der Waals surface area (Å²) >= 11 is 6.77. The van der Waals surface area contributed by atoms with E-state index >= 15 is 0 Å². The van der Waals surface area contributed by atoms with Crippen LogP contribution in [-0.4, -0.2) is 11.1 Å². The molecule has 0 aliphatic carbocycles. The fourth-order valence-corrected chi connectivity index (χ4v) is 2.82. The molecule has 3 nitrogen and oxygen atoms in total. The van der Waals surface area contributed by atoms with Crippen LogP contribution in [0.2, 0.25) is 0 Å². The molecule has 0 aliphatic heterocycles. The van der Waals surface area contributed by atoms with Gasteiger partial charge in [-0.2, -0.15) is 0 Å². The first kappa shape index (κ1) is 15.1. The summed E-state index contributed by atoms with van der Waals surface area (Å²) in [5.41, 5.74) is 2.14. The quantitative estimate of drug-likeness (QED) is 0.754. The lowest BCUT2D eigenvalue weighted by Gasteiger charge is -2.16. The van der Waals surface area contributed by atoms with Crippen molar-refractivity contribution in [3.63, 3.8) is 0 Å². The predicted octanol–water partition coefficient (Wildman–Crippen LogP) is 5.08. The zero-order chi connectivity index (χ0) is 14.7. The second-order valence-corrected chi connectivity index (χ2v) is 6.29. The lowest BCUT2D eigenvalue weighted by molar-refractivity contribution is 0.0697. The Morgan fingerprint density at radius 2 is 1.90 bits per heavy atom. The largest absolute Gasteiger partial charge is 0.478 e. The van der Waals surface area contributed by atoms with E-state index in [4.69, 9.17) is 5.11 Å². The van der Waals surface area contributed by atoms with Crippen LogP contribution >= 0.6 is 31.9 Å². The van der Waals surface area contributed by atoms with Crippen molar-refractivity contribution in [3.05, 3.63) is 62.5 Å². The van der Waals surface area contributed by atoms with Crippen LogP contribution in [0.3, 0.4) is 0 Å². The van der Waals surface area contributed by atoms with Gasteiger partial charge in [-0.1, -0.05) is 44.0 Å². The Labute approximate surface area is 134 Å². The molecule has 0 radical (unpaired) electrons. The lowest BCUT2D eigenvalue weighted by Crippen LogP contribution is -2.07. The average molecular weight is 399 g/mol. The Kier molecular flexibility index (Phi) is 4.83. The molecule has 1 atom stereocenters. The third kappa shape index (κ3) is 3.84. The van der Waals surface area contributed by atoms with Crippen LogP contribution in [-0.2, 0) is 0 Å². The topological polar surface area (TPSA) is 49.3 Å². The number of hydrogen-bond acceptors (Lipinski definition) is 2. The first-order valence-corrected chi connectivity index (χ1v) is 7.60. The third-order valence-electron chi connectivity index (χ3n) is 2.88. The van der Waals surface area contributed by atoms with Crippen molar-refractivity contribution in [1.82, 2.24) is 0 Å².